The topological polar surface area (TPSA) is 15.6 Å². The van der Waals surface area contributed by atoms with Gasteiger partial charge in [-0.1, -0.05) is 30.3 Å². The van der Waals surface area contributed by atoms with E-state index in [1.807, 2.05) is 0 Å². The second-order valence-corrected chi connectivity index (χ2v) is 3.16. The van der Waals surface area contributed by atoms with Crippen LogP contribution in [-0.4, -0.2) is 31.0 Å². The smallest absolute Gasteiger partial charge is 0.303 e. The summed E-state index contributed by atoms with van der Waals surface area (Å²) in [5.74, 6) is 0. The Labute approximate surface area is 86.0 Å². The van der Waals surface area contributed by atoms with Crippen LogP contribution in [0.2, 0.25) is 0 Å². The molecule has 5 heteroatoms. The van der Waals surface area contributed by atoms with Gasteiger partial charge >= 0.3 is 6.18 Å². The number of alkyl halides is 3. The van der Waals surface area contributed by atoms with Gasteiger partial charge in [-0.25, -0.2) is 0 Å². The third kappa shape index (κ3) is 3.27. The van der Waals surface area contributed by atoms with Crippen molar-refractivity contribution in [2.45, 2.75) is 6.18 Å². The van der Waals surface area contributed by atoms with Crippen molar-refractivity contribution in [3.05, 3.63) is 35.9 Å². The van der Waals surface area contributed by atoms with Gasteiger partial charge in [-0.05, 0) is 0 Å². The van der Waals surface area contributed by atoms with Crippen LogP contribution in [0.5, 0.6) is 0 Å². The van der Waals surface area contributed by atoms with Crippen LogP contribution >= 0.6 is 0 Å². The lowest BCUT2D eigenvalue weighted by molar-refractivity contribution is -0.0591. The third-order valence-corrected chi connectivity index (χ3v) is 1.62. The number of halogens is 3. The van der Waals surface area contributed by atoms with Gasteiger partial charge in [0.2, 0.25) is 0 Å². The molecule has 0 spiro atoms. The van der Waals surface area contributed by atoms with E-state index in [4.69, 9.17) is 0 Å². The van der Waals surface area contributed by atoms with Gasteiger partial charge in [0, 0.05) is 19.7 Å². The molecule has 0 saturated carbocycles. The van der Waals surface area contributed by atoms with Crippen molar-refractivity contribution in [2.24, 2.45) is 5.10 Å². The average molecular weight is 216 g/mol. The summed E-state index contributed by atoms with van der Waals surface area (Å²) in [6, 6.07) is 7.53. The summed E-state index contributed by atoms with van der Waals surface area (Å²) < 4.78 is 37.8. The summed E-state index contributed by atoms with van der Waals surface area (Å²) in [4.78, 5) is 0. The molecule has 0 radical (unpaired) electrons. The SMILES string of the molecule is CN(C)/N=C(/c1ccccc1)C(F)(F)F. The summed E-state index contributed by atoms with van der Waals surface area (Å²) in [6.07, 6.45) is -4.44. The fraction of sp³-hybridized carbons (Fsp3) is 0.300. The van der Waals surface area contributed by atoms with Crippen LogP contribution in [0.4, 0.5) is 13.2 Å². The molecular weight excluding hydrogens is 205 g/mol. The zero-order chi connectivity index (χ0) is 11.5. The summed E-state index contributed by atoms with van der Waals surface area (Å²) in [6.45, 7) is 0. The van der Waals surface area contributed by atoms with Gasteiger partial charge in [0.15, 0.2) is 5.71 Å². The first-order valence-electron chi connectivity index (χ1n) is 4.30. The van der Waals surface area contributed by atoms with Gasteiger partial charge in [0.05, 0.1) is 0 Å². The Bertz CT molecular complexity index is 341. The molecule has 0 aromatic heterocycles. The van der Waals surface area contributed by atoms with E-state index in [1.54, 1.807) is 18.2 Å². The molecule has 0 fully saturated rings. The molecular formula is C10H11F3N2. The quantitative estimate of drug-likeness (QED) is 0.548. The first-order chi connectivity index (χ1) is 6.91. The lowest BCUT2D eigenvalue weighted by Gasteiger charge is -2.13. The summed E-state index contributed by atoms with van der Waals surface area (Å²) in [5.41, 5.74) is -0.813. The molecule has 0 saturated heterocycles. The Kier molecular flexibility index (Phi) is 3.34. The summed E-state index contributed by atoms with van der Waals surface area (Å²) >= 11 is 0. The minimum atomic E-state index is -4.44. The van der Waals surface area contributed by atoms with E-state index >= 15 is 0 Å². The molecule has 0 unspecified atom stereocenters. The van der Waals surface area contributed by atoms with E-state index in [9.17, 15) is 13.2 Å². The van der Waals surface area contributed by atoms with Crippen LogP contribution in [0.15, 0.2) is 35.4 Å². The summed E-state index contributed by atoms with van der Waals surface area (Å²) in [5, 5.41) is 4.58. The first-order valence-corrected chi connectivity index (χ1v) is 4.30. The predicted molar refractivity (Wildman–Crippen MR) is 52.7 cm³/mol. The van der Waals surface area contributed by atoms with Crippen LogP contribution in [0, 0.1) is 0 Å². The van der Waals surface area contributed by atoms with Gasteiger partial charge < -0.3 is 5.01 Å². The van der Waals surface area contributed by atoms with Crippen LogP contribution in [0.25, 0.3) is 0 Å². The molecule has 0 bridgehead atoms. The number of hydrazone groups is 1. The maximum Gasteiger partial charge on any atom is 0.435 e. The fourth-order valence-electron chi connectivity index (χ4n) is 1.07. The number of nitrogens with zero attached hydrogens (tertiary/aromatic N) is 2. The Morgan fingerprint density at radius 2 is 1.67 bits per heavy atom. The Morgan fingerprint density at radius 1 is 1.13 bits per heavy atom. The molecule has 1 aromatic rings. The maximum atomic E-state index is 12.6. The minimum Gasteiger partial charge on any atom is -0.303 e. The van der Waals surface area contributed by atoms with Crippen LogP contribution in [-0.2, 0) is 0 Å². The van der Waals surface area contributed by atoms with E-state index in [-0.39, 0.29) is 5.56 Å². The molecule has 0 heterocycles. The van der Waals surface area contributed by atoms with Crippen molar-refractivity contribution in [3.63, 3.8) is 0 Å². The number of hydrogen-bond acceptors (Lipinski definition) is 2. The molecule has 82 valence electrons. The Balaban J connectivity index is 3.15. The fourth-order valence-corrected chi connectivity index (χ4v) is 1.07. The minimum absolute atomic E-state index is 0.0682. The molecule has 1 rings (SSSR count). The molecule has 0 aliphatic heterocycles. The van der Waals surface area contributed by atoms with E-state index in [2.05, 4.69) is 5.10 Å². The van der Waals surface area contributed by atoms with E-state index in [0.717, 1.165) is 5.01 Å². The second-order valence-electron chi connectivity index (χ2n) is 3.16. The molecule has 0 N–H and O–H groups in total. The van der Waals surface area contributed by atoms with Crippen molar-refractivity contribution in [3.8, 4) is 0 Å². The lowest BCUT2D eigenvalue weighted by Crippen LogP contribution is -2.26. The largest absolute Gasteiger partial charge is 0.435 e. The molecule has 0 aliphatic carbocycles. The van der Waals surface area contributed by atoms with Gasteiger partial charge in [-0.15, -0.1) is 0 Å². The molecule has 0 amide bonds. The molecule has 15 heavy (non-hydrogen) atoms. The average Bonchev–Trinajstić information content (AvgIpc) is 2.14. The summed E-state index contributed by atoms with van der Waals surface area (Å²) in [7, 11) is 2.91. The number of benzene rings is 1. The Hall–Kier alpha value is -1.52. The highest BCUT2D eigenvalue weighted by Gasteiger charge is 2.37. The van der Waals surface area contributed by atoms with Crippen molar-refractivity contribution in [1.82, 2.24) is 5.01 Å². The second kappa shape index (κ2) is 4.33. The van der Waals surface area contributed by atoms with Gasteiger partial charge in [0.25, 0.3) is 0 Å². The Morgan fingerprint density at radius 3 is 2.07 bits per heavy atom. The highest BCUT2D eigenvalue weighted by molar-refractivity contribution is 6.04. The monoisotopic (exact) mass is 216 g/mol. The lowest BCUT2D eigenvalue weighted by atomic mass is 10.1. The zero-order valence-electron chi connectivity index (χ0n) is 8.42. The van der Waals surface area contributed by atoms with Crippen LogP contribution in [0.3, 0.4) is 0 Å². The molecule has 0 aliphatic rings. The van der Waals surface area contributed by atoms with Crippen molar-refractivity contribution < 1.29 is 13.2 Å². The van der Waals surface area contributed by atoms with E-state index in [1.165, 1.54) is 26.2 Å². The predicted octanol–water partition coefficient (Wildman–Crippen LogP) is 2.51. The third-order valence-electron chi connectivity index (χ3n) is 1.62. The van der Waals surface area contributed by atoms with E-state index < -0.39 is 11.9 Å². The normalized spacial score (nSPS) is 12.7. The first kappa shape index (κ1) is 11.6. The highest BCUT2D eigenvalue weighted by atomic mass is 19.4. The van der Waals surface area contributed by atoms with Gasteiger partial charge in [-0.2, -0.15) is 18.3 Å². The van der Waals surface area contributed by atoms with Crippen molar-refractivity contribution in [1.29, 1.82) is 0 Å². The van der Waals surface area contributed by atoms with Crippen molar-refractivity contribution in [2.75, 3.05) is 14.1 Å². The van der Waals surface area contributed by atoms with Crippen molar-refractivity contribution >= 4 is 5.71 Å². The maximum absolute atomic E-state index is 12.6. The highest BCUT2D eigenvalue weighted by Crippen LogP contribution is 2.22. The molecule has 2 nitrogen and oxygen atoms in total. The van der Waals surface area contributed by atoms with Crippen LogP contribution < -0.4 is 0 Å². The molecule has 0 atom stereocenters. The number of rotatable bonds is 2. The van der Waals surface area contributed by atoms with Crippen LogP contribution in [0.1, 0.15) is 5.56 Å². The standard InChI is InChI=1S/C10H11F3N2/c1-15(2)14-9(10(11,12)13)8-6-4-3-5-7-8/h3-7H,1-2H3/b14-9-. The van der Waals surface area contributed by atoms with E-state index in [0.29, 0.717) is 0 Å². The number of hydrogen-bond donors (Lipinski definition) is 0. The zero-order valence-corrected chi connectivity index (χ0v) is 8.42. The van der Waals surface area contributed by atoms with Gasteiger partial charge in [0.1, 0.15) is 0 Å². The molecule has 1 aromatic carbocycles. The van der Waals surface area contributed by atoms with Gasteiger partial charge in [-0.3, -0.25) is 0 Å².